The Labute approximate surface area is 79.5 Å². The SMILES string of the molecule is c1cc(-n2cnnn2)cc([C@@H]2CO2)n1. The third-order valence-corrected chi connectivity index (χ3v) is 2.04. The van der Waals surface area contributed by atoms with Gasteiger partial charge in [0.2, 0.25) is 0 Å². The van der Waals surface area contributed by atoms with Crippen molar-refractivity contribution in [1.29, 1.82) is 0 Å². The Hall–Kier alpha value is -1.82. The summed E-state index contributed by atoms with van der Waals surface area (Å²) in [6.07, 6.45) is 3.44. The van der Waals surface area contributed by atoms with E-state index in [1.54, 1.807) is 17.2 Å². The summed E-state index contributed by atoms with van der Waals surface area (Å²) in [5.41, 5.74) is 1.83. The molecule has 0 aromatic carbocycles. The summed E-state index contributed by atoms with van der Waals surface area (Å²) in [5.74, 6) is 0. The minimum absolute atomic E-state index is 0.159. The highest BCUT2D eigenvalue weighted by Crippen LogP contribution is 2.28. The lowest BCUT2D eigenvalue weighted by Crippen LogP contribution is -1.97. The molecule has 1 saturated heterocycles. The fourth-order valence-electron chi connectivity index (χ4n) is 1.25. The molecule has 70 valence electrons. The van der Waals surface area contributed by atoms with E-state index in [0.29, 0.717) is 0 Å². The number of nitrogens with zero attached hydrogens (tertiary/aromatic N) is 5. The van der Waals surface area contributed by atoms with E-state index in [2.05, 4.69) is 20.5 Å². The smallest absolute Gasteiger partial charge is 0.143 e. The largest absolute Gasteiger partial charge is 0.366 e. The number of ether oxygens (including phenoxy) is 1. The van der Waals surface area contributed by atoms with Crippen LogP contribution in [0, 0.1) is 0 Å². The van der Waals surface area contributed by atoms with E-state index in [0.717, 1.165) is 18.0 Å². The minimum atomic E-state index is 0.159. The third kappa shape index (κ3) is 1.25. The van der Waals surface area contributed by atoms with Crippen LogP contribution in [0.5, 0.6) is 0 Å². The summed E-state index contributed by atoms with van der Waals surface area (Å²) in [6.45, 7) is 0.756. The molecular weight excluding hydrogens is 182 g/mol. The van der Waals surface area contributed by atoms with E-state index >= 15 is 0 Å². The average Bonchev–Trinajstić information content (AvgIpc) is 2.94. The van der Waals surface area contributed by atoms with Crippen molar-refractivity contribution in [2.24, 2.45) is 0 Å². The zero-order valence-corrected chi connectivity index (χ0v) is 7.24. The van der Waals surface area contributed by atoms with Crippen molar-refractivity contribution in [3.8, 4) is 5.69 Å². The van der Waals surface area contributed by atoms with Gasteiger partial charge in [-0.3, -0.25) is 4.98 Å². The molecule has 0 aliphatic carbocycles. The molecule has 0 radical (unpaired) electrons. The van der Waals surface area contributed by atoms with Crippen LogP contribution in [0.15, 0.2) is 24.7 Å². The summed E-state index contributed by atoms with van der Waals surface area (Å²) < 4.78 is 6.73. The summed E-state index contributed by atoms with van der Waals surface area (Å²) in [7, 11) is 0. The molecule has 3 rings (SSSR count). The average molecular weight is 189 g/mol. The van der Waals surface area contributed by atoms with Crippen LogP contribution in [0.3, 0.4) is 0 Å². The van der Waals surface area contributed by atoms with Gasteiger partial charge in [0.1, 0.15) is 12.4 Å². The molecule has 3 heterocycles. The van der Waals surface area contributed by atoms with Crippen LogP contribution in [0.2, 0.25) is 0 Å². The Bertz CT molecular complexity index is 437. The highest BCUT2D eigenvalue weighted by molar-refractivity contribution is 5.31. The number of epoxide rings is 1. The highest BCUT2D eigenvalue weighted by atomic mass is 16.6. The van der Waals surface area contributed by atoms with Gasteiger partial charge in [0.05, 0.1) is 18.0 Å². The normalized spacial score (nSPS) is 19.6. The van der Waals surface area contributed by atoms with Gasteiger partial charge < -0.3 is 4.74 Å². The Balaban J connectivity index is 2.02. The Morgan fingerprint density at radius 3 is 3.14 bits per heavy atom. The van der Waals surface area contributed by atoms with Gasteiger partial charge >= 0.3 is 0 Å². The van der Waals surface area contributed by atoms with Crippen molar-refractivity contribution >= 4 is 0 Å². The van der Waals surface area contributed by atoms with Crippen LogP contribution >= 0.6 is 0 Å². The molecular formula is C8H7N5O. The molecule has 14 heavy (non-hydrogen) atoms. The molecule has 0 bridgehead atoms. The van der Waals surface area contributed by atoms with E-state index in [-0.39, 0.29) is 6.10 Å². The molecule has 0 N–H and O–H groups in total. The second kappa shape index (κ2) is 2.85. The zero-order valence-electron chi connectivity index (χ0n) is 7.24. The molecule has 1 aliphatic heterocycles. The summed E-state index contributed by atoms with van der Waals surface area (Å²) in [6, 6.07) is 3.77. The van der Waals surface area contributed by atoms with E-state index in [1.165, 1.54) is 0 Å². The van der Waals surface area contributed by atoms with Crippen molar-refractivity contribution in [3.63, 3.8) is 0 Å². The van der Waals surface area contributed by atoms with Gasteiger partial charge in [-0.25, -0.2) is 4.68 Å². The van der Waals surface area contributed by atoms with Gasteiger partial charge in [0.15, 0.2) is 0 Å². The van der Waals surface area contributed by atoms with Crippen molar-refractivity contribution in [3.05, 3.63) is 30.4 Å². The number of hydrogen-bond acceptors (Lipinski definition) is 5. The monoisotopic (exact) mass is 189 g/mol. The first kappa shape index (κ1) is 7.57. The van der Waals surface area contributed by atoms with Crippen LogP contribution in [0.4, 0.5) is 0 Å². The van der Waals surface area contributed by atoms with Crippen LogP contribution < -0.4 is 0 Å². The molecule has 2 aromatic heterocycles. The zero-order chi connectivity index (χ0) is 9.38. The van der Waals surface area contributed by atoms with Crippen LogP contribution in [-0.2, 0) is 4.74 Å². The first-order valence-corrected chi connectivity index (χ1v) is 4.24. The van der Waals surface area contributed by atoms with Crippen molar-refractivity contribution in [2.45, 2.75) is 6.10 Å². The molecule has 0 saturated carbocycles. The predicted octanol–water partition coefficient (Wildman–Crippen LogP) is 0.129. The molecule has 2 aromatic rings. The lowest BCUT2D eigenvalue weighted by molar-refractivity contribution is 0.411. The van der Waals surface area contributed by atoms with Crippen LogP contribution in [-0.4, -0.2) is 31.8 Å². The second-order valence-corrected chi connectivity index (χ2v) is 3.02. The molecule has 0 spiro atoms. The standard InChI is InChI=1S/C8H7N5O/c1-2-9-7(8-4-14-8)3-6(1)13-5-10-11-12-13/h1-3,5,8H,4H2/t8-/m0/s1. The first-order chi connectivity index (χ1) is 6.93. The Morgan fingerprint density at radius 2 is 2.43 bits per heavy atom. The van der Waals surface area contributed by atoms with Crippen LogP contribution in [0.1, 0.15) is 11.8 Å². The summed E-state index contributed by atoms with van der Waals surface area (Å²) in [4.78, 5) is 4.20. The molecule has 1 atom stereocenters. The van der Waals surface area contributed by atoms with E-state index in [1.807, 2.05) is 12.1 Å². The molecule has 6 nitrogen and oxygen atoms in total. The highest BCUT2D eigenvalue weighted by Gasteiger charge is 2.26. The minimum Gasteiger partial charge on any atom is -0.366 e. The second-order valence-electron chi connectivity index (χ2n) is 3.02. The number of tetrazole rings is 1. The fourth-order valence-corrected chi connectivity index (χ4v) is 1.25. The quantitative estimate of drug-likeness (QED) is 0.628. The van der Waals surface area contributed by atoms with E-state index < -0.39 is 0 Å². The maximum absolute atomic E-state index is 5.14. The van der Waals surface area contributed by atoms with Crippen molar-refractivity contribution in [2.75, 3.05) is 6.61 Å². The van der Waals surface area contributed by atoms with Crippen molar-refractivity contribution < 1.29 is 4.74 Å². The number of rotatable bonds is 2. The molecule has 6 heteroatoms. The van der Waals surface area contributed by atoms with E-state index in [9.17, 15) is 0 Å². The van der Waals surface area contributed by atoms with Crippen LogP contribution in [0.25, 0.3) is 5.69 Å². The van der Waals surface area contributed by atoms with Gasteiger partial charge in [0, 0.05) is 6.20 Å². The van der Waals surface area contributed by atoms with Gasteiger partial charge in [-0.2, -0.15) is 0 Å². The number of pyridine rings is 1. The predicted molar refractivity (Wildman–Crippen MR) is 45.6 cm³/mol. The molecule has 0 amide bonds. The molecule has 1 fully saturated rings. The van der Waals surface area contributed by atoms with Gasteiger partial charge in [-0.15, -0.1) is 5.10 Å². The molecule has 0 unspecified atom stereocenters. The summed E-state index contributed by atoms with van der Waals surface area (Å²) >= 11 is 0. The first-order valence-electron chi connectivity index (χ1n) is 4.24. The molecule has 1 aliphatic rings. The fraction of sp³-hybridized carbons (Fsp3) is 0.250. The van der Waals surface area contributed by atoms with E-state index in [4.69, 9.17) is 4.74 Å². The lowest BCUT2D eigenvalue weighted by Gasteiger charge is -1.99. The summed E-state index contributed by atoms with van der Waals surface area (Å²) in [5, 5.41) is 10.9. The van der Waals surface area contributed by atoms with Gasteiger partial charge in [-0.1, -0.05) is 0 Å². The number of hydrogen-bond donors (Lipinski definition) is 0. The topological polar surface area (TPSA) is 69.0 Å². The maximum atomic E-state index is 5.14. The lowest BCUT2D eigenvalue weighted by atomic mass is 10.2. The van der Waals surface area contributed by atoms with Crippen molar-refractivity contribution in [1.82, 2.24) is 25.2 Å². The van der Waals surface area contributed by atoms with Gasteiger partial charge in [-0.05, 0) is 22.6 Å². The number of aromatic nitrogens is 5. The maximum Gasteiger partial charge on any atom is 0.143 e. The Kier molecular flexibility index (Phi) is 1.54. The third-order valence-electron chi connectivity index (χ3n) is 2.04. The Morgan fingerprint density at radius 1 is 1.50 bits per heavy atom. The van der Waals surface area contributed by atoms with Gasteiger partial charge in [0.25, 0.3) is 0 Å².